The molecule has 16 heavy (non-hydrogen) atoms. The lowest BCUT2D eigenvalue weighted by molar-refractivity contribution is 0.483. The van der Waals surface area contributed by atoms with Gasteiger partial charge >= 0.3 is 0 Å². The van der Waals surface area contributed by atoms with E-state index in [4.69, 9.17) is 16.2 Å². The van der Waals surface area contributed by atoms with Crippen molar-refractivity contribution in [1.82, 2.24) is 0 Å². The molecule has 0 spiro atoms. The Balaban J connectivity index is 3.57. The molecular weight excluding hydrogens is 236 g/mol. The molecule has 10 heteroatoms. The lowest BCUT2D eigenvalue weighted by Crippen LogP contribution is -1.98. The molecule has 9 nitrogen and oxygen atoms in total. The minimum atomic E-state index is -4.45. The molecule has 0 aliphatic carbocycles. The van der Waals surface area contributed by atoms with Crippen LogP contribution in [0.1, 0.15) is 0 Å². The van der Waals surface area contributed by atoms with Crippen molar-refractivity contribution in [1.29, 1.82) is 0 Å². The fourth-order valence-electron chi connectivity index (χ4n) is 1.02. The third-order valence-corrected chi connectivity index (χ3v) is 2.46. The molecule has 0 aliphatic rings. The molecule has 0 aliphatic heterocycles. The van der Waals surface area contributed by atoms with Crippen molar-refractivity contribution in [3.8, 4) is 0 Å². The van der Waals surface area contributed by atoms with Crippen LogP contribution in [0.5, 0.6) is 0 Å². The van der Waals surface area contributed by atoms with Crippen LogP contribution in [0, 0.1) is 0 Å². The smallest absolute Gasteiger partial charge is 0.296 e. The summed E-state index contributed by atoms with van der Waals surface area (Å²) in [4.78, 5) is -0.480. The maximum Gasteiger partial charge on any atom is 0.296 e. The second kappa shape index (κ2) is 4.63. The van der Waals surface area contributed by atoms with Gasteiger partial charge in [0, 0.05) is 0 Å². The SMILES string of the molecule is NN=Nc1cccc(S(=O)(=O)O)c1N=NN. The van der Waals surface area contributed by atoms with Crippen LogP contribution in [0.4, 0.5) is 11.4 Å². The molecule has 0 aromatic heterocycles. The summed E-state index contributed by atoms with van der Waals surface area (Å²) in [6, 6.07) is 3.84. The van der Waals surface area contributed by atoms with Crippen LogP contribution in [-0.4, -0.2) is 13.0 Å². The number of nitrogens with two attached hydrogens (primary N) is 2. The number of rotatable bonds is 3. The molecule has 1 aromatic carbocycles. The van der Waals surface area contributed by atoms with Gasteiger partial charge in [-0.3, -0.25) is 4.55 Å². The maximum absolute atomic E-state index is 11.0. The first-order valence-electron chi connectivity index (χ1n) is 3.83. The summed E-state index contributed by atoms with van der Waals surface area (Å²) < 4.78 is 30.9. The predicted octanol–water partition coefficient (Wildman–Crippen LogP) is 0.848. The molecule has 0 atom stereocenters. The molecule has 0 saturated heterocycles. The van der Waals surface area contributed by atoms with Gasteiger partial charge in [-0.05, 0) is 12.1 Å². The lowest BCUT2D eigenvalue weighted by atomic mass is 10.3. The monoisotopic (exact) mass is 244 g/mol. The highest BCUT2D eigenvalue weighted by atomic mass is 32.2. The summed E-state index contributed by atoms with van der Waals surface area (Å²) in [6.45, 7) is 0. The van der Waals surface area contributed by atoms with Crippen LogP contribution in [0.2, 0.25) is 0 Å². The van der Waals surface area contributed by atoms with Crippen LogP contribution in [-0.2, 0) is 10.1 Å². The van der Waals surface area contributed by atoms with Gasteiger partial charge in [-0.15, -0.1) is 10.2 Å². The van der Waals surface area contributed by atoms with Crippen LogP contribution >= 0.6 is 0 Å². The Bertz CT molecular complexity index is 537. The molecule has 0 saturated carbocycles. The van der Waals surface area contributed by atoms with E-state index in [1.165, 1.54) is 12.1 Å². The average molecular weight is 244 g/mol. The Morgan fingerprint density at radius 1 is 1.12 bits per heavy atom. The highest BCUT2D eigenvalue weighted by Crippen LogP contribution is 2.34. The highest BCUT2D eigenvalue weighted by Gasteiger charge is 2.18. The van der Waals surface area contributed by atoms with Gasteiger partial charge in [0.1, 0.15) is 16.3 Å². The Labute approximate surface area is 90.6 Å². The van der Waals surface area contributed by atoms with E-state index in [2.05, 4.69) is 20.7 Å². The zero-order chi connectivity index (χ0) is 12.2. The zero-order valence-corrected chi connectivity index (χ0v) is 8.66. The van der Waals surface area contributed by atoms with Gasteiger partial charge in [-0.2, -0.15) is 8.42 Å². The standard InChI is InChI=1S/C6H8N6O3S/c7-11-9-4-2-1-3-5(16(13,14)15)6(4)10-12-8/h1-3H,(H2,7,9)(H2,8,10)(H,13,14,15). The number of hydrogen-bond acceptors (Lipinski definition) is 6. The zero-order valence-electron chi connectivity index (χ0n) is 7.85. The van der Waals surface area contributed by atoms with Gasteiger partial charge in [0.25, 0.3) is 10.1 Å². The minimum absolute atomic E-state index is 0.0202. The fraction of sp³-hybridized carbons (Fsp3) is 0. The Morgan fingerprint density at radius 2 is 1.75 bits per heavy atom. The molecule has 0 amide bonds. The van der Waals surface area contributed by atoms with E-state index in [1.807, 2.05) is 0 Å². The first-order valence-corrected chi connectivity index (χ1v) is 5.27. The summed E-state index contributed by atoms with van der Waals surface area (Å²) in [7, 11) is -4.45. The normalized spacial score (nSPS) is 12.6. The molecule has 1 aromatic rings. The number of hydrogen-bond donors (Lipinski definition) is 3. The Kier molecular flexibility index (Phi) is 3.48. The summed E-state index contributed by atoms with van der Waals surface area (Å²) >= 11 is 0. The molecule has 0 bridgehead atoms. The number of benzene rings is 1. The average Bonchev–Trinajstić information content (AvgIpc) is 2.19. The molecule has 0 unspecified atom stereocenters. The van der Waals surface area contributed by atoms with Crippen molar-refractivity contribution < 1.29 is 13.0 Å². The second-order valence-corrected chi connectivity index (χ2v) is 3.92. The maximum atomic E-state index is 11.0. The first kappa shape index (κ1) is 12.0. The largest absolute Gasteiger partial charge is 0.305 e. The van der Waals surface area contributed by atoms with E-state index in [1.54, 1.807) is 0 Å². The summed E-state index contributed by atoms with van der Waals surface area (Å²) in [5.74, 6) is 9.64. The van der Waals surface area contributed by atoms with Gasteiger partial charge < -0.3 is 11.7 Å². The van der Waals surface area contributed by atoms with Crippen LogP contribution in [0.3, 0.4) is 0 Å². The summed E-state index contributed by atoms with van der Waals surface area (Å²) in [5.41, 5.74) is -0.214. The van der Waals surface area contributed by atoms with E-state index < -0.39 is 15.0 Å². The lowest BCUT2D eigenvalue weighted by Gasteiger charge is -2.02. The minimum Gasteiger partial charge on any atom is -0.305 e. The Hall–Kier alpha value is -2.07. The summed E-state index contributed by atoms with van der Waals surface area (Å²) in [5, 5.41) is 12.7. The predicted molar refractivity (Wildman–Crippen MR) is 53.7 cm³/mol. The molecule has 0 radical (unpaired) electrons. The highest BCUT2D eigenvalue weighted by molar-refractivity contribution is 7.86. The van der Waals surface area contributed by atoms with Gasteiger partial charge in [0.15, 0.2) is 0 Å². The van der Waals surface area contributed by atoms with Crippen molar-refractivity contribution in [3.63, 3.8) is 0 Å². The van der Waals surface area contributed by atoms with Crippen molar-refractivity contribution >= 4 is 21.5 Å². The first-order chi connectivity index (χ1) is 7.50. The summed E-state index contributed by atoms with van der Waals surface area (Å²) in [6.07, 6.45) is 0. The molecule has 0 heterocycles. The van der Waals surface area contributed by atoms with Crippen molar-refractivity contribution in [2.75, 3.05) is 0 Å². The number of nitrogens with zero attached hydrogens (tertiary/aromatic N) is 4. The van der Waals surface area contributed by atoms with Gasteiger partial charge in [-0.1, -0.05) is 16.5 Å². The molecule has 86 valence electrons. The third kappa shape index (κ3) is 2.49. The van der Waals surface area contributed by atoms with E-state index in [0.29, 0.717) is 0 Å². The van der Waals surface area contributed by atoms with Crippen LogP contribution < -0.4 is 11.7 Å². The molecule has 1 rings (SSSR count). The molecule has 0 fully saturated rings. The van der Waals surface area contributed by atoms with Crippen molar-refractivity contribution in [2.45, 2.75) is 4.90 Å². The third-order valence-electron chi connectivity index (χ3n) is 1.58. The fourth-order valence-corrected chi connectivity index (χ4v) is 1.66. The van der Waals surface area contributed by atoms with Crippen LogP contribution in [0.15, 0.2) is 43.8 Å². The van der Waals surface area contributed by atoms with E-state index >= 15 is 0 Å². The van der Waals surface area contributed by atoms with Crippen molar-refractivity contribution in [2.24, 2.45) is 32.4 Å². The molecule has 5 N–H and O–H groups in total. The molecular formula is C6H8N6O3S. The quantitative estimate of drug-likeness (QED) is 0.311. The topological polar surface area (TPSA) is 156 Å². The van der Waals surface area contributed by atoms with E-state index in [9.17, 15) is 8.42 Å². The Morgan fingerprint density at radius 3 is 2.25 bits per heavy atom. The van der Waals surface area contributed by atoms with Gasteiger partial charge in [-0.25, -0.2) is 0 Å². The second-order valence-electron chi connectivity index (χ2n) is 2.53. The van der Waals surface area contributed by atoms with Crippen molar-refractivity contribution in [3.05, 3.63) is 18.2 Å². The van der Waals surface area contributed by atoms with Gasteiger partial charge in [0.05, 0.1) is 0 Å². The van der Waals surface area contributed by atoms with E-state index in [-0.39, 0.29) is 11.4 Å². The van der Waals surface area contributed by atoms with Crippen LogP contribution in [0.25, 0.3) is 0 Å². The van der Waals surface area contributed by atoms with E-state index in [0.717, 1.165) is 6.07 Å². The van der Waals surface area contributed by atoms with Gasteiger partial charge in [0.2, 0.25) is 0 Å².